The predicted octanol–water partition coefficient (Wildman–Crippen LogP) is 3.32. The Hall–Kier alpha value is -2.69. The second-order valence-corrected chi connectivity index (χ2v) is 10.5. The van der Waals surface area contributed by atoms with Crippen LogP contribution in [0, 0.1) is 5.92 Å². The van der Waals surface area contributed by atoms with Crippen LogP contribution in [0.4, 0.5) is 5.82 Å². The molecule has 1 N–H and O–H groups in total. The Morgan fingerprint density at radius 3 is 2.84 bits per heavy atom. The van der Waals surface area contributed by atoms with Crippen LogP contribution in [0.5, 0.6) is 5.75 Å². The van der Waals surface area contributed by atoms with Crippen molar-refractivity contribution in [1.29, 1.82) is 0 Å². The van der Waals surface area contributed by atoms with E-state index in [0.29, 0.717) is 18.2 Å². The Morgan fingerprint density at radius 1 is 1.19 bits per heavy atom. The minimum atomic E-state index is -1.06. The molecular formula is C22H26N6O3S. The molecule has 0 bridgehead atoms. The topological polar surface area (TPSA) is 99.6 Å². The van der Waals surface area contributed by atoms with Crippen molar-refractivity contribution in [1.82, 2.24) is 24.0 Å². The lowest BCUT2D eigenvalue weighted by atomic mass is 10.1. The number of ether oxygens (including phenoxy) is 2. The van der Waals surface area contributed by atoms with Gasteiger partial charge in [0.15, 0.2) is 5.82 Å². The van der Waals surface area contributed by atoms with Gasteiger partial charge in [0.1, 0.15) is 29.8 Å². The van der Waals surface area contributed by atoms with Crippen LogP contribution < -0.4 is 4.74 Å². The number of hydrogen-bond donors (Lipinski definition) is 2. The highest BCUT2D eigenvalue weighted by atomic mass is 32.2. The summed E-state index contributed by atoms with van der Waals surface area (Å²) in [4.78, 5) is 8.93. The first kappa shape index (κ1) is 20.0. The van der Waals surface area contributed by atoms with Gasteiger partial charge in [-0.05, 0) is 56.4 Å². The van der Waals surface area contributed by atoms with Gasteiger partial charge in [0, 0.05) is 12.5 Å². The average Bonchev–Trinajstić information content (AvgIpc) is 3.22. The Labute approximate surface area is 188 Å². The fourth-order valence-corrected chi connectivity index (χ4v) is 6.54. The maximum absolute atomic E-state index is 11.2. The third-order valence-corrected chi connectivity index (χ3v) is 8.49. The van der Waals surface area contributed by atoms with Crippen molar-refractivity contribution in [3.63, 3.8) is 0 Å². The van der Waals surface area contributed by atoms with E-state index in [1.807, 2.05) is 28.2 Å². The monoisotopic (exact) mass is 454 g/mol. The van der Waals surface area contributed by atoms with E-state index in [9.17, 15) is 5.11 Å². The first-order valence-corrected chi connectivity index (χ1v) is 12.5. The maximum Gasteiger partial charge on any atom is 0.162 e. The lowest BCUT2D eigenvalue weighted by Gasteiger charge is -2.24. The molecule has 2 fully saturated rings. The highest BCUT2D eigenvalue weighted by Crippen LogP contribution is 2.55. The molecule has 0 spiro atoms. The lowest BCUT2D eigenvalue weighted by Crippen LogP contribution is -2.25. The van der Waals surface area contributed by atoms with E-state index < -0.39 is 16.5 Å². The molecule has 168 valence electrons. The summed E-state index contributed by atoms with van der Waals surface area (Å²) in [6.07, 6.45) is 11.1. The van der Waals surface area contributed by atoms with Gasteiger partial charge < -0.3 is 14.6 Å². The van der Waals surface area contributed by atoms with E-state index in [2.05, 4.69) is 15.3 Å². The number of aliphatic hydroxyl groups excluding tert-OH is 1. The third kappa shape index (κ3) is 3.82. The molecule has 2 aromatic heterocycles. The SMILES string of the molecule is OC(c1cn(-c2ccc(OCC3CCCCO3)cc2)nn1)[SH]1C(C2CC2)=Nc2cncn21. The molecule has 4 heterocycles. The molecule has 3 unspecified atom stereocenters. The van der Waals surface area contributed by atoms with Crippen LogP contribution in [0.15, 0.2) is 48.0 Å². The van der Waals surface area contributed by atoms with E-state index in [1.165, 1.54) is 6.42 Å². The van der Waals surface area contributed by atoms with Crippen LogP contribution in [0.3, 0.4) is 0 Å². The summed E-state index contributed by atoms with van der Waals surface area (Å²) in [5.41, 5.74) is 0.628. The molecule has 3 atom stereocenters. The molecule has 9 nitrogen and oxygen atoms in total. The summed E-state index contributed by atoms with van der Waals surface area (Å²) in [7, 11) is 0. The minimum Gasteiger partial charge on any atom is -0.491 e. The number of aliphatic hydroxyl groups is 1. The zero-order valence-electron chi connectivity index (χ0n) is 17.6. The van der Waals surface area contributed by atoms with Crippen molar-refractivity contribution in [2.24, 2.45) is 10.9 Å². The van der Waals surface area contributed by atoms with Gasteiger partial charge in [-0.1, -0.05) is 16.3 Å². The van der Waals surface area contributed by atoms with E-state index in [4.69, 9.17) is 14.5 Å². The summed E-state index contributed by atoms with van der Waals surface area (Å²) < 4.78 is 15.3. The van der Waals surface area contributed by atoms with Crippen molar-refractivity contribution in [3.05, 3.63) is 48.7 Å². The van der Waals surface area contributed by atoms with Gasteiger partial charge in [0.05, 0.1) is 29.2 Å². The first-order chi connectivity index (χ1) is 15.8. The zero-order valence-corrected chi connectivity index (χ0v) is 18.5. The summed E-state index contributed by atoms with van der Waals surface area (Å²) >= 11 is -1.06. The Kier molecular flexibility index (Phi) is 5.20. The molecule has 0 radical (unpaired) electrons. The molecule has 1 saturated carbocycles. The lowest BCUT2D eigenvalue weighted by molar-refractivity contribution is -0.0110. The van der Waals surface area contributed by atoms with Crippen LogP contribution in [-0.4, -0.2) is 53.4 Å². The highest BCUT2D eigenvalue weighted by molar-refractivity contribution is 8.29. The van der Waals surface area contributed by atoms with Crippen molar-refractivity contribution in [2.45, 2.75) is 43.6 Å². The number of nitrogens with zero attached hydrogens (tertiary/aromatic N) is 6. The summed E-state index contributed by atoms with van der Waals surface area (Å²) in [6, 6.07) is 7.72. The Morgan fingerprint density at radius 2 is 2.06 bits per heavy atom. The molecule has 0 amide bonds. The molecule has 1 saturated heterocycles. The summed E-state index contributed by atoms with van der Waals surface area (Å²) in [5, 5.41) is 20.8. The summed E-state index contributed by atoms with van der Waals surface area (Å²) in [6.45, 7) is 1.40. The molecule has 3 aliphatic rings. The molecule has 3 aromatic rings. The van der Waals surface area contributed by atoms with Crippen LogP contribution >= 0.6 is 11.1 Å². The number of imidazole rings is 1. The largest absolute Gasteiger partial charge is 0.491 e. The standard InChI is InChI=1S/C22H26N6O3S/c29-22(32-21(15-4-5-15)24-20-11-23-14-28(20)32)19-12-27(26-25-19)16-6-8-17(9-7-16)31-13-18-3-1-2-10-30-18/h6-9,11-12,14-15,18,22,29,32H,1-5,10,13H2. The number of fused-ring (bicyclic) bond motifs is 1. The number of thiol groups is 1. The van der Waals surface area contributed by atoms with Crippen molar-refractivity contribution in [2.75, 3.05) is 13.2 Å². The van der Waals surface area contributed by atoms with Crippen molar-refractivity contribution >= 4 is 21.9 Å². The molecule has 6 rings (SSSR count). The van der Waals surface area contributed by atoms with Crippen molar-refractivity contribution < 1.29 is 14.6 Å². The number of rotatable bonds is 7. The molecule has 1 aromatic carbocycles. The summed E-state index contributed by atoms with van der Waals surface area (Å²) in [5.74, 6) is 2.09. The van der Waals surface area contributed by atoms with Gasteiger partial charge in [-0.3, -0.25) is 3.97 Å². The van der Waals surface area contributed by atoms with E-state index >= 15 is 0 Å². The van der Waals surface area contributed by atoms with Gasteiger partial charge in [0.25, 0.3) is 0 Å². The van der Waals surface area contributed by atoms with E-state index in [0.717, 1.165) is 54.6 Å². The Bertz CT molecular complexity index is 1120. The number of aliphatic imine (C=N–C) groups is 1. The number of aromatic nitrogens is 5. The normalized spacial score (nSPS) is 24.7. The van der Waals surface area contributed by atoms with E-state index in [-0.39, 0.29) is 6.10 Å². The number of hydrogen-bond acceptors (Lipinski definition) is 7. The van der Waals surface area contributed by atoms with Crippen LogP contribution in [0.1, 0.15) is 43.2 Å². The molecule has 32 heavy (non-hydrogen) atoms. The minimum absolute atomic E-state index is 0.181. The highest BCUT2D eigenvalue weighted by Gasteiger charge is 2.40. The smallest absolute Gasteiger partial charge is 0.162 e. The molecule has 2 aliphatic heterocycles. The predicted molar refractivity (Wildman–Crippen MR) is 122 cm³/mol. The van der Waals surface area contributed by atoms with Crippen LogP contribution in [-0.2, 0) is 4.74 Å². The van der Waals surface area contributed by atoms with E-state index in [1.54, 1.807) is 23.4 Å². The first-order valence-electron chi connectivity index (χ1n) is 11.1. The number of benzene rings is 1. The average molecular weight is 455 g/mol. The van der Waals surface area contributed by atoms with Gasteiger partial charge in [-0.2, -0.15) is 0 Å². The maximum atomic E-state index is 11.2. The Balaban J connectivity index is 1.15. The van der Waals surface area contributed by atoms with Gasteiger partial charge in [-0.15, -0.1) is 5.10 Å². The van der Waals surface area contributed by atoms with Crippen molar-refractivity contribution in [3.8, 4) is 11.4 Å². The fraction of sp³-hybridized carbons (Fsp3) is 0.455. The second-order valence-electron chi connectivity index (χ2n) is 8.44. The third-order valence-electron chi connectivity index (χ3n) is 6.06. The zero-order chi connectivity index (χ0) is 21.5. The molecule has 1 aliphatic carbocycles. The molecular weight excluding hydrogens is 428 g/mol. The fourth-order valence-electron chi connectivity index (χ4n) is 4.14. The van der Waals surface area contributed by atoms with Gasteiger partial charge in [-0.25, -0.2) is 14.7 Å². The quantitative estimate of drug-likeness (QED) is 0.532. The molecule has 10 heteroatoms. The second kappa shape index (κ2) is 8.34. The van der Waals surface area contributed by atoms with Gasteiger partial charge >= 0.3 is 0 Å². The van der Waals surface area contributed by atoms with Gasteiger partial charge in [0.2, 0.25) is 0 Å². The van der Waals surface area contributed by atoms with Crippen LogP contribution in [0.2, 0.25) is 0 Å². The van der Waals surface area contributed by atoms with Crippen LogP contribution in [0.25, 0.3) is 5.69 Å².